The van der Waals surface area contributed by atoms with Gasteiger partial charge in [-0.15, -0.1) is 17.8 Å². The summed E-state index contributed by atoms with van der Waals surface area (Å²) in [5, 5.41) is 2.03. The Balaban J connectivity index is 2.49. The molecular formula is C8H10N2S. The second-order valence-electron chi connectivity index (χ2n) is 2.17. The van der Waals surface area contributed by atoms with Crippen LogP contribution in [0.15, 0.2) is 17.5 Å². The Labute approximate surface area is 70.4 Å². The fourth-order valence-electron chi connectivity index (χ4n) is 0.796. The van der Waals surface area contributed by atoms with Crippen LogP contribution < -0.4 is 11.3 Å². The topological polar surface area (TPSA) is 38.0 Å². The molecule has 0 aliphatic heterocycles. The molecule has 1 aromatic rings. The molecule has 1 aromatic heterocycles. The fraction of sp³-hybridized carbons (Fsp3) is 0.250. The van der Waals surface area contributed by atoms with Crippen molar-refractivity contribution in [3.8, 4) is 12.3 Å². The number of hydrazine groups is 1. The van der Waals surface area contributed by atoms with E-state index in [-0.39, 0.29) is 6.04 Å². The van der Waals surface area contributed by atoms with E-state index in [1.807, 2.05) is 17.5 Å². The first kappa shape index (κ1) is 8.28. The molecule has 0 spiro atoms. The largest absolute Gasteiger partial charge is 0.270 e. The molecule has 0 aliphatic rings. The number of nitrogens with one attached hydrogen (secondary N) is 1. The van der Waals surface area contributed by atoms with Crippen molar-refractivity contribution in [3.63, 3.8) is 0 Å². The summed E-state index contributed by atoms with van der Waals surface area (Å²) in [6.07, 6.45) is 6.02. The van der Waals surface area contributed by atoms with E-state index in [1.165, 1.54) is 4.88 Å². The van der Waals surface area contributed by atoms with E-state index in [4.69, 9.17) is 12.3 Å². The Hall–Kier alpha value is -0.820. The van der Waals surface area contributed by atoms with Crippen molar-refractivity contribution in [2.45, 2.75) is 12.5 Å². The summed E-state index contributed by atoms with van der Waals surface area (Å²) >= 11 is 1.69. The summed E-state index contributed by atoms with van der Waals surface area (Å²) in [7, 11) is 0. The molecule has 0 bridgehead atoms. The highest BCUT2D eigenvalue weighted by atomic mass is 32.1. The number of terminal acetylenes is 1. The standard InChI is InChI=1S/C8H10N2S/c1-2-7(10-9)6-8-4-3-5-11-8/h1,3-5,7,10H,6,9H2. The summed E-state index contributed by atoms with van der Waals surface area (Å²) in [4.78, 5) is 1.26. The molecule has 3 N–H and O–H groups in total. The number of hydrogen-bond donors (Lipinski definition) is 2. The van der Waals surface area contributed by atoms with E-state index in [0.717, 1.165) is 6.42 Å². The third kappa shape index (κ3) is 2.35. The minimum absolute atomic E-state index is 0.0475. The average Bonchev–Trinajstić information content (AvgIpc) is 2.52. The number of nitrogens with two attached hydrogens (primary N) is 1. The maximum absolute atomic E-state index is 5.21. The molecule has 0 aliphatic carbocycles. The first-order chi connectivity index (χ1) is 5.36. The van der Waals surface area contributed by atoms with Gasteiger partial charge >= 0.3 is 0 Å². The molecule has 11 heavy (non-hydrogen) atoms. The van der Waals surface area contributed by atoms with Crippen LogP contribution in [-0.4, -0.2) is 6.04 Å². The van der Waals surface area contributed by atoms with Gasteiger partial charge in [-0.05, 0) is 11.4 Å². The lowest BCUT2D eigenvalue weighted by molar-refractivity contribution is 0.638. The molecule has 0 saturated heterocycles. The van der Waals surface area contributed by atoms with Gasteiger partial charge < -0.3 is 0 Å². The maximum atomic E-state index is 5.21. The fourth-order valence-corrected chi connectivity index (χ4v) is 1.55. The summed E-state index contributed by atoms with van der Waals surface area (Å²) in [6.45, 7) is 0. The van der Waals surface area contributed by atoms with E-state index in [2.05, 4.69) is 11.3 Å². The van der Waals surface area contributed by atoms with Crippen LogP contribution in [0.25, 0.3) is 0 Å². The molecule has 0 saturated carbocycles. The van der Waals surface area contributed by atoms with E-state index < -0.39 is 0 Å². The Morgan fingerprint density at radius 2 is 2.64 bits per heavy atom. The highest BCUT2D eigenvalue weighted by Gasteiger charge is 2.02. The lowest BCUT2D eigenvalue weighted by atomic mass is 10.2. The first-order valence-electron chi connectivity index (χ1n) is 3.31. The molecule has 1 unspecified atom stereocenters. The molecule has 1 heterocycles. The van der Waals surface area contributed by atoms with E-state index in [0.29, 0.717) is 0 Å². The highest BCUT2D eigenvalue weighted by Crippen LogP contribution is 2.10. The summed E-state index contributed by atoms with van der Waals surface area (Å²) in [5.74, 6) is 7.77. The second kappa shape index (κ2) is 4.14. The molecule has 0 fully saturated rings. The first-order valence-corrected chi connectivity index (χ1v) is 4.19. The number of hydrogen-bond acceptors (Lipinski definition) is 3. The zero-order chi connectivity index (χ0) is 8.10. The lowest BCUT2D eigenvalue weighted by Crippen LogP contribution is -2.35. The molecule has 0 amide bonds. The van der Waals surface area contributed by atoms with Crippen molar-refractivity contribution in [3.05, 3.63) is 22.4 Å². The third-order valence-electron chi connectivity index (χ3n) is 1.39. The quantitative estimate of drug-likeness (QED) is 0.395. The van der Waals surface area contributed by atoms with Crippen LogP contribution in [0.4, 0.5) is 0 Å². The van der Waals surface area contributed by atoms with Gasteiger partial charge in [-0.3, -0.25) is 5.84 Å². The second-order valence-corrected chi connectivity index (χ2v) is 3.20. The van der Waals surface area contributed by atoms with Crippen LogP contribution >= 0.6 is 11.3 Å². The molecule has 0 aromatic carbocycles. The maximum Gasteiger partial charge on any atom is 0.0862 e. The molecule has 1 atom stereocenters. The summed E-state index contributed by atoms with van der Waals surface area (Å²) in [6, 6.07) is 4.00. The highest BCUT2D eigenvalue weighted by molar-refractivity contribution is 7.09. The summed E-state index contributed by atoms with van der Waals surface area (Å²) in [5.41, 5.74) is 2.56. The Bertz CT molecular complexity index is 235. The van der Waals surface area contributed by atoms with Gasteiger partial charge in [0.05, 0.1) is 6.04 Å². The zero-order valence-corrected chi connectivity index (χ0v) is 6.90. The van der Waals surface area contributed by atoms with Gasteiger partial charge in [-0.2, -0.15) is 0 Å². The van der Waals surface area contributed by atoms with Crippen LogP contribution in [0.3, 0.4) is 0 Å². The van der Waals surface area contributed by atoms with Gasteiger partial charge in [0.1, 0.15) is 0 Å². The van der Waals surface area contributed by atoms with Crippen molar-refractivity contribution in [1.82, 2.24) is 5.43 Å². The Morgan fingerprint density at radius 1 is 1.82 bits per heavy atom. The van der Waals surface area contributed by atoms with E-state index in [9.17, 15) is 0 Å². The average molecular weight is 166 g/mol. The van der Waals surface area contributed by atoms with Crippen LogP contribution in [0.2, 0.25) is 0 Å². The predicted molar refractivity (Wildman–Crippen MR) is 48.0 cm³/mol. The van der Waals surface area contributed by atoms with Crippen LogP contribution in [0.5, 0.6) is 0 Å². The Kier molecular flexibility index (Phi) is 3.12. The van der Waals surface area contributed by atoms with Crippen LogP contribution in [-0.2, 0) is 6.42 Å². The molecule has 1 rings (SSSR count). The van der Waals surface area contributed by atoms with Crippen molar-refractivity contribution in [1.29, 1.82) is 0 Å². The monoisotopic (exact) mass is 166 g/mol. The van der Waals surface area contributed by atoms with Gasteiger partial charge in [0, 0.05) is 11.3 Å². The van der Waals surface area contributed by atoms with Crippen molar-refractivity contribution < 1.29 is 0 Å². The third-order valence-corrected chi connectivity index (χ3v) is 2.29. The normalized spacial score (nSPS) is 12.4. The molecule has 2 nitrogen and oxygen atoms in total. The van der Waals surface area contributed by atoms with Gasteiger partial charge in [-0.1, -0.05) is 12.0 Å². The van der Waals surface area contributed by atoms with Crippen molar-refractivity contribution in [2.24, 2.45) is 5.84 Å². The smallest absolute Gasteiger partial charge is 0.0862 e. The molecule has 3 heteroatoms. The van der Waals surface area contributed by atoms with Crippen LogP contribution in [0, 0.1) is 12.3 Å². The van der Waals surface area contributed by atoms with Gasteiger partial charge in [0.2, 0.25) is 0 Å². The van der Waals surface area contributed by atoms with Crippen molar-refractivity contribution >= 4 is 11.3 Å². The van der Waals surface area contributed by atoms with Gasteiger partial charge in [0.25, 0.3) is 0 Å². The van der Waals surface area contributed by atoms with Crippen LogP contribution in [0.1, 0.15) is 4.88 Å². The Morgan fingerprint density at radius 3 is 3.09 bits per heavy atom. The van der Waals surface area contributed by atoms with E-state index in [1.54, 1.807) is 11.3 Å². The van der Waals surface area contributed by atoms with Crippen molar-refractivity contribution in [2.75, 3.05) is 0 Å². The van der Waals surface area contributed by atoms with E-state index >= 15 is 0 Å². The number of thiophene rings is 1. The number of rotatable bonds is 3. The minimum atomic E-state index is -0.0475. The molecular weight excluding hydrogens is 156 g/mol. The van der Waals surface area contributed by atoms with Gasteiger partial charge in [0.15, 0.2) is 0 Å². The molecule has 58 valence electrons. The minimum Gasteiger partial charge on any atom is -0.270 e. The van der Waals surface area contributed by atoms with Gasteiger partial charge in [-0.25, -0.2) is 5.43 Å². The SMILES string of the molecule is C#CC(Cc1cccs1)NN. The lowest BCUT2D eigenvalue weighted by Gasteiger charge is -2.05. The molecule has 0 radical (unpaired) electrons. The predicted octanol–water partition coefficient (Wildman–Crippen LogP) is 0.756. The zero-order valence-electron chi connectivity index (χ0n) is 6.08. The summed E-state index contributed by atoms with van der Waals surface area (Å²) < 4.78 is 0.